The van der Waals surface area contributed by atoms with E-state index >= 15 is 0 Å². The number of benzene rings is 1. The molecule has 2 aromatic rings. The minimum absolute atomic E-state index is 0.658. The lowest BCUT2D eigenvalue weighted by Gasteiger charge is -2.34. The van der Waals surface area contributed by atoms with E-state index in [0.717, 1.165) is 23.3 Å². The number of pyridine rings is 1. The van der Waals surface area contributed by atoms with Crippen LogP contribution in [-0.4, -0.2) is 11.5 Å². The van der Waals surface area contributed by atoms with Crippen LogP contribution in [0.25, 0.3) is 0 Å². The summed E-state index contributed by atoms with van der Waals surface area (Å²) in [7, 11) is 0. The van der Waals surface area contributed by atoms with Crippen LogP contribution in [0.3, 0.4) is 0 Å². The predicted molar refractivity (Wildman–Crippen MR) is 78.3 cm³/mol. The number of para-hydroxylation sites is 1. The standard InChI is InChI=1S/C15H15BrN2/c1-11-8-12-4-2-3-5-14(12)18(10-11)15-7-6-13(16)9-17-15/h2-7,9,11H,8,10H2,1H3. The van der Waals surface area contributed by atoms with Gasteiger partial charge in [-0.05, 0) is 52.0 Å². The molecule has 1 atom stereocenters. The molecule has 18 heavy (non-hydrogen) atoms. The van der Waals surface area contributed by atoms with Gasteiger partial charge in [0, 0.05) is 22.9 Å². The first-order chi connectivity index (χ1) is 8.74. The van der Waals surface area contributed by atoms with Gasteiger partial charge in [-0.25, -0.2) is 4.98 Å². The summed E-state index contributed by atoms with van der Waals surface area (Å²) in [5.41, 5.74) is 2.71. The number of halogens is 1. The Labute approximate surface area is 116 Å². The lowest BCUT2D eigenvalue weighted by molar-refractivity contribution is 0.560. The van der Waals surface area contributed by atoms with Gasteiger partial charge >= 0.3 is 0 Å². The lowest BCUT2D eigenvalue weighted by atomic mass is 9.94. The Hall–Kier alpha value is -1.35. The van der Waals surface area contributed by atoms with Crippen molar-refractivity contribution in [1.29, 1.82) is 0 Å². The van der Waals surface area contributed by atoms with E-state index in [9.17, 15) is 0 Å². The van der Waals surface area contributed by atoms with Gasteiger partial charge in [-0.15, -0.1) is 0 Å². The van der Waals surface area contributed by atoms with E-state index in [2.05, 4.69) is 63.1 Å². The van der Waals surface area contributed by atoms with Crippen molar-refractivity contribution >= 4 is 27.4 Å². The molecule has 0 radical (unpaired) electrons. The number of rotatable bonds is 1. The van der Waals surface area contributed by atoms with Gasteiger partial charge in [-0.2, -0.15) is 0 Å². The molecule has 0 amide bonds. The molecule has 0 saturated heterocycles. The van der Waals surface area contributed by atoms with Gasteiger partial charge in [-0.1, -0.05) is 25.1 Å². The molecular formula is C15H15BrN2. The van der Waals surface area contributed by atoms with Gasteiger partial charge in [-0.3, -0.25) is 0 Å². The van der Waals surface area contributed by atoms with Crippen molar-refractivity contribution < 1.29 is 0 Å². The molecule has 0 aliphatic carbocycles. The molecular weight excluding hydrogens is 288 g/mol. The quantitative estimate of drug-likeness (QED) is 0.786. The van der Waals surface area contributed by atoms with Gasteiger partial charge in [0.2, 0.25) is 0 Å². The van der Waals surface area contributed by atoms with E-state index < -0.39 is 0 Å². The molecule has 3 rings (SSSR count). The summed E-state index contributed by atoms with van der Waals surface area (Å²) in [6, 6.07) is 12.7. The fraction of sp³-hybridized carbons (Fsp3) is 0.267. The van der Waals surface area contributed by atoms with Crippen LogP contribution in [0.4, 0.5) is 11.5 Å². The van der Waals surface area contributed by atoms with Gasteiger partial charge in [0.25, 0.3) is 0 Å². The molecule has 0 fully saturated rings. The first-order valence-electron chi connectivity index (χ1n) is 6.21. The van der Waals surface area contributed by atoms with Crippen LogP contribution in [-0.2, 0) is 6.42 Å². The molecule has 0 N–H and O–H groups in total. The van der Waals surface area contributed by atoms with Gasteiger partial charge in [0.05, 0.1) is 0 Å². The van der Waals surface area contributed by atoms with E-state index in [0.29, 0.717) is 5.92 Å². The highest BCUT2D eigenvalue weighted by atomic mass is 79.9. The maximum atomic E-state index is 4.51. The Morgan fingerprint density at radius 1 is 1.22 bits per heavy atom. The maximum Gasteiger partial charge on any atom is 0.133 e. The third-order valence-electron chi connectivity index (χ3n) is 3.33. The van der Waals surface area contributed by atoms with Gasteiger partial charge in [0.15, 0.2) is 0 Å². The first kappa shape index (κ1) is 11.7. The van der Waals surface area contributed by atoms with Crippen LogP contribution in [0.2, 0.25) is 0 Å². The van der Waals surface area contributed by atoms with Crippen LogP contribution in [0.5, 0.6) is 0 Å². The number of hydrogen-bond donors (Lipinski definition) is 0. The molecule has 1 aromatic heterocycles. The Balaban J connectivity index is 2.04. The summed E-state index contributed by atoms with van der Waals surface area (Å²) in [5.74, 6) is 1.68. The van der Waals surface area contributed by atoms with E-state index in [1.807, 2.05) is 12.3 Å². The third kappa shape index (κ3) is 2.15. The largest absolute Gasteiger partial charge is 0.326 e. The minimum atomic E-state index is 0.658. The van der Waals surface area contributed by atoms with Crippen LogP contribution >= 0.6 is 15.9 Å². The summed E-state index contributed by atoms with van der Waals surface area (Å²) in [6.07, 6.45) is 3.01. The molecule has 3 heteroatoms. The Kier molecular flexibility index (Phi) is 3.08. The summed E-state index contributed by atoms with van der Waals surface area (Å²) < 4.78 is 1.02. The maximum absolute atomic E-state index is 4.51. The number of fused-ring (bicyclic) bond motifs is 1. The SMILES string of the molecule is CC1Cc2ccccc2N(c2ccc(Br)cn2)C1. The smallest absolute Gasteiger partial charge is 0.133 e. The fourth-order valence-electron chi connectivity index (χ4n) is 2.54. The third-order valence-corrected chi connectivity index (χ3v) is 3.80. The lowest BCUT2D eigenvalue weighted by Crippen LogP contribution is -2.30. The monoisotopic (exact) mass is 302 g/mol. The number of nitrogens with zero attached hydrogens (tertiary/aromatic N) is 2. The molecule has 1 aliphatic heterocycles. The second kappa shape index (κ2) is 4.73. The highest BCUT2D eigenvalue weighted by molar-refractivity contribution is 9.10. The highest BCUT2D eigenvalue weighted by Crippen LogP contribution is 2.34. The van der Waals surface area contributed by atoms with Crippen LogP contribution in [0, 0.1) is 5.92 Å². The normalized spacial score (nSPS) is 18.6. The first-order valence-corrected chi connectivity index (χ1v) is 7.00. The second-order valence-electron chi connectivity index (χ2n) is 4.88. The molecule has 92 valence electrons. The predicted octanol–water partition coefficient (Wildman–Crippen LogP) is 4.17. The Bertz CT molecular complexity index is 551. The van der Waals surface area contributed by atoms with Crippen molar-refractivity contribution in [3.8, 4) is 0 Å². The Morgan fingerprint density at radius 3 is 2.83 bits per heavy atom. The van der Waals surface area contributed by atoms with E-state index in [4.69, 9.17) is 0 Å². The van der Waals surface area contributed by atoms with Crippen molar-refractivity contribution in [2.45, 2.75) is 13.3 Å². The average molecular weight is 303 g/mol. The summed E-state index contributed by atoms with van der Waals surface area (Å²) in [5, 5.41) is 0. The van der Waals surface area contributed by atoms with Crippen molar-refractivity contribution in [2.75, 3.05) is 11.4 Å². The van der Waals surface area contributed by atoms with E-state index in [1.165, 1.54) is 11.3 Å². The zero-order chi connectivity index (χ0) is 12.5. The zero-order valence-electron chi connectivity index (χ0n) is 10.3. The van der Waals surface area contributed by atoms with Crippen molar-refractivity contribution in [3.63, 3.8) is 0 Å². The average Bonchev–Trinajstić information content (AvgIpc) is 2.38. The summed E-state index contributed by atoms with van der Waals surface area (Å²) >= 11 is 3.43. The number of aromatic nitrogens is 1. The Morgan fingerprint density at radius 2 is 2.06 bits per heavy atom. The van der Waals surface area contributed by atoms with Crippen molar-refractivity contribution in [3.05, 3.63) is 52.6 Å². The molecule has 1 aliphatic rings. The van der Waals surface area contributed by atoms with Crippen LogP contribution < -0.4 is 4.90 Å². The van der Waals surface area contributed by atoms with E-state index in [1.54, 1.807) is 0 Å². The highest BCUT2D eigenvalue weighted by Gasteiger charge is 2.22. The molecule has 0 saturated carbocycles. The van der Waals surface area contributed by atoms with Crippen LogP contribution in [0.15, 0.2) is 47.1 Å². The molecule has 1 aromatic carbocycles. The van der Waals surface area contributed by atoms with E-state index in [-0.39, 0.29) is 0 Å². The summed E-state index contributed by atoms with van der Waals surface area (Å²) in [4.78, 5) is 6.83. The zero-order valence-corrected chi connectivity index (χ0v) is 11.9. The molecule has 2 nitrogen and oxygen atoms in total. The van der Waals surface area contributed by atoms with Crippen LogP contribution in [0.1, 0.15) is 12.5 Å². The fourth-order valence-corrected chi connectivity index (χ4v) is 2.78. The molecule has 0 bridgehead atoms. The van der Waals surface area contributed by atoms with Gasteiger partial charge in [0.1, 0.15) is 5.82 Å². The second-order valence-corrected chi connectivity index (χ2v) is 5.80. The van der Waals surface area contributed by atoms with Crippen molar-refractivity contribution in [1.82, 2.24) is 4.98 Å². The topological polar surface area (TPSA) is 16.1 Å². The number of anilines is 2. The molecule has 2 heterocycles. The van der Waals surface area contributed by atoms with Gasteiger partial charge < -0.3 is 4.90 Å². The minimum Gasteiger partial charge on any atom is -0.326 e. The summed E-state index contributed by atoms with van der Waals surface area (Å²) in [6.45, 7) is 3.33. The number of hydrogen-bond acceptors (Lipinski definition) is 2. The molecule has 1 unspecified atom stereocenters. The van der Waals surface area contributed by atoms with Crippen molar-refractivity contribution in [2.24, 2.45) is 5.92 Å². The molecule has 0 spiro atoms.